The van der Waals surface area contributed by atoms with Crippen molar-refractivity contribution in [2.75, 3.05) is 11.9 Å². The second-order valence-electron chi connectivity index (χ2n) is 7.78. The summed E-state index contributed by atoms with van der Waals surface area (Å²) in [4.78, 5) is 42.8. The number of benzene rings is 2. The van der Waals surface area contributed by atoms with Crippen LogP contribution in [0, 0.1) is 6.92 Å². The van der Waals surface area contributed by atoms with E-state index in [0.29, 0.717) is 36.9 Å². The van der Waals surface area contributed by atoms with Crippen molar-refractivity contribution in [3.63, 3.8) is 0 Å². The largest absolute Gasteiger partial charge is 0.478 e. The SMILES string of the molecule is CCOC(=O)C1=C(C)N=c2s/c(=C\Nc3cccc(C(=O)O)c3C)c(=O)n2[C@@H]1c1ccc(Cl)cc1. The quantitative estimate of drug-likeness (QED) is 0.490. The van der Waals surface area contributed by atoms with Crippen molar-refractivity contribution in [2.24, 2.45) is 4.99 Å². The zero-order valence-corrected chi connectivity index (χ0v) is 20.7. The molecule has 0 aliphatic carbocycles. The van der Waals surface area contributed by atoms with E-state index in [1.165, 1.54) is 28.2 Å². The number of anilines is 1. The van der Waals surface area contributed by atoms with Crippen molar-refractivity contribution in [1.29, 1.82) is 0 Å². The van der Waals surface area contributed by atoms with E-state index in [4.69, 9.17) is 16.3 Å². The van der Waals surface area contributed by atoms with Gasteiger partial charge in [-0.3, -0.25) is 9.36 Å². The molecule has 0 amide bonds. The number of carbonyl (C=O) groups is 2. The number of halogens is 1. The fourth-order valence-corrected chi connectivity index (χ4v) is 5.01. The highest BCUT2D eigenvalue weighted by Gasteiger charge is 2.33. The molecule has 1 aliphatic rings. The Hall–Kier alpha value is -3.69. The summed E-state index contributed by atoms with van der Waals surface area (Å²) in [5.41, 5.74) is 2.37. The zero-order chi connectivity index (χ0) is 25.3. The second kappa shape index (κ2) is 9.89. The van der Waals surface area contributed by atoms with E-state index in [0.717, 1.165) is 0 Å². The Balaban J connectivity index is 1.85. The summed E-state index contributed by atoms with van der Waals surface area (Å²) in [6, 6.07) is 11.1. The lowest BCUT2D eigenvalue weighted by molar-refractivity contribution is -0.139. The summed E-state index contributed by atoms with van der Waals surface area (Å²) < 4.78 is 7.10. The number of nitrogens with one attached hydrogen (secondary N) is 1. The van der Waals surface area contributed by atoms with Crippen LogP contribution in [0.1, 0.15) is 41.4 Å². The van der Waals surface area contributed by atoms with E-state index in [1.54, 1.807) is 57.2 Å². The van der Waals surface area contributed by atoms with Gasteiger partial charge < -0.3 is 15.2 Å². The Labute approximate surface area is 209 Å². The van der Waals surface area contributed by atoms with Crippen LogP contribution in [-0.4, -0.2) is 28.2 Å². The molecule has 0 saturated heterocycles. The van der Waals surface area contributed by atoms with E-state index in [1.807, 2.05) is 0 Å². The van der Waals surface area contributed by atoms with Gasteiger partial charge in [-0.15, -0.1) is 0 Å². The lowest BCUT2D eigenvalue weighted by Gasteiger charge is -2.24. The average Bonchev–Trinajstić information content (AvgIpc) is 3.12. The van der Waals surface area contributed by atoms with Crippen molar-refractivity contribution >= 4 is 46.8 Å². The predicted molar refractivity (Wildman–Crippen MR) is 135 cm³/mol. The van der Waals surface area contributed by atoms with Gasteiger partial charge >= 0.3 is 11.9 Å². The van der Waals surface area contributed by atoms with Crippen LogP contribution >= 0.6 is 22.9 Å². The van der Waals surface area contributed by atoms with Gasteiger partial charge in [0, 0.05) is 16.9 Å². The summed E-state index contributed by atoms with van der Waals surface area (Å²) in [6.07, 6.45) is 1.53. The van der Waals surface area contributed by atoms with Gasteiger partial charge in [-0.2, -0.15) is 0 Å². The highest BCUT2D eigenvalue weighted by Crippen LogP contribution is 2.31. The number of carboxylic acids is 1. The van der Waals surface area contributed by atoms with Gasteiger partial charge in [0.05, 0.1) is 29.5 Å². The van der Waals surface area contributed by atoms with Crippen LogP contribution in [-0.2, 0) is 9.53 Å². The maximum Gasteiger partial charge on any atom is 0.338 e. The number of aromatic carboxylic acids is 1. The maximum absolute atomic E-state index is 13.5. The van der Waals surface area contributed by atoms with Crippen LogP contribution in [0.25, 0.3) is 6.20 Å². The maximum atomic E-state index is 13.5. The molecule has 8 nitrogen and oxygen atoms in total. The normalized spacial score (nSPS) is 15.4. The standard InChI is InChI=1S/C25H22ClN3O5S/c1-4-34-24(33)20-14(3)28-25-29(21(20)15-8-10-16(26)11-9-15)22(30)19(35-25)12-27-18-7-5-6-17(13(18)2)23(31)32/h5-12,21,27H,4H2,1-3H3,(H,31,32)/b19-12-/t21-/m1/s1. The Morgan fingerprint density at radius 3 is 2.60 bits per heavy atom. The van der Waals surface area contributed by atoms with Gasteiger partial charge in [-0.25, -0.2) is 14.6 Å². The molecule has 10 heteroatoms. The van der Waals surface area contributed by atoms with Crippen molar-refractivity contribution < 1.29 is 19.4 Å². The summed E-state index contributed by atoms with van der Waals surface area (Å²) in [6.45, 7) is 5.31. The monoisotopic (exact) mass is 511 g/mol. The van der Waals surface area contributed by atoms with E-state index < -0.39 is 18.0 Å². The molecule has 3 aromatic rings. The number of fused-ring (bicyclic) bond motifs is 1. The number of allylic oxidation sites excluding steroid dienone is 1. The lowest BCUT2D eigenvalue weighted by Crippen LogP contribution is -2.40. The number of ether oxygens (including phenoxy) is 1. The third-order valence-corrected chi connectivity index (χ3v) is 6.86. The molecule has 4 rings (SSSR count). The van der Waals surface area contributed by atoms with Gasteiger partial charge in [0.15, 0.2) is 4.80 Å². The summed E-state index contributed by atoms with van der Waals surface area (Å²) in [5, 5.41) is 12.9. The lowest BCUT2D eigenvalue weighted by atomic mass is 9.96. The molecular formula is C25H22ClN3O5S. The molecule has 1 atom stereocenters. The van der Waals surface area contributed by atoms with E-state index >= 15 is 0 Å². The minimum atomic E-state index is -1.03. The molecular weight excluding hydrogens is 490 g/mol. The molecule has 0 fully saturated rings. The summed E-state index contributed by atoms with van der Waals surface area (Å²) >= 11 is 7.23. The van der Waals surface area contributed by atoms with Crippen LogP contribution in [0.3, 0.4) is 0 Å². The Morgan fingerprint density at radius 2 is 1.94 bits per heavy atom. The first-order valence-corrected chi connectivity index (χ1v) is 12.0. The fraction of sp³-hybridized carbons (Fsp3) is 0.200. The number of nitrogens with zero attached hydrogens (tertiary/aromatic N) is 2. The third kappa shape index (κ3) is 4.65. The fourth-order valence-electron chi connectivity index (χ4n) is 3.92. The molecule has 0 spiro atoms. The second-order valence-corrected chi connectivity index (χ2v) is 9.23. The number of aromatic nitrogens is 1. The predicted octanol–water partition coefficient (Wildman–Crippen LogP) is 3.48. The minimum absolute atomic E-state index is 0.169. The van der Waals surface area contributed by atoms with Crippen molar-refractivity contribution in [2.45, 2.75) is 26.8 Å². The minimum Gasteiger partial charge on any atom is -0.478 e. The van der Waals surface area contributed by atoms with E-state index in [-0.39, 0.29) is 23.3 Å². The highest BCUT2D eigenvalue weighted by atomic mass is 35.5. The first kappa shape index (κ1) is 24.4. The number of thiazole rings is 1. The van der Waals surface area contributed by atoms with Crippen LogP contribution < -0.4 is 20.2 Å². The van der Waals surface area contributed by atoms with Gasteiger partial charge in [0.1, 0.15) is 4.53 Å². The molecule has 2 aromatic carbocycles. The van der Waals surface area contributed by atoms with Crippen molar-refractivity contribution in [3.05, 3.63) is 95.1 Å². The Morgan fingerprint density at radius 1 is 1.23 bits per heavy atom. The summed E-state index contributed by atoms with van der Waals surface area (Å²) in [7, 11) is 0. The average molecular weight is 512 g/mol. The number of carboxylic acid groups (broad SMARTS) is 1. The van der Waals surface area contributed by atoms with E-state index in [9.17, 15) is 19.5 Å². The molecule has 1 aromatic heterocycles. The zero-order valence-electron chi connectivity index (χ0n) is 19.2. The van der Waals surface area contributed by atoms with Crippen LogP contribution in [0.2, 0.25) is 5.02 Å². The number of esters is 1. The number of hydrogen-bond donors (Lipinski definition) is 2. The van der Waals surface area contributed by atoms with E-state index in [2.05, 4.69) is 10.3 Å². The molecule has 180 valence electrons. The molecule has 0 bridgehead atoms. The Kier molecular flexibility index (Phi) is 6.90. The highest BCUT2D eigenvalue weighted by molar-refractivity contribution is 7.07. The van der Waals surface area contributed by atoms with Gasteiger partial charge in [-0.05, 0) is 56.2 Å². The van der Waals surface area contributed by atoms with Gasteiger partial charge in [0.25, 0.3) is 5.56 Å². The number of carbonyl (C=O) groups excluding carboxylic acids is 1. The molecule has 2 N–H and O–H groups in total. The molecule has 0 unspecified atom stereocenters. The van der Waals surface area contributed by atoms with Crippen LogP contribution in [0.15, 0.2) is 63.5 Å². The van der Waals surface area contributed by atoms with Crippen LogP contribution in [0.4, 0.5) is 5.69 Å². The summed E-state index contributed by atoms with van der Waals surface area (Å²) in [5.74, 6) is -1.57. The molecule has 35 heavy (non-hydrogen) atoms. The smallest absolute Gasteiger partial charge is 0.338 e. The molecule has 0 radical (unpaired) electrons. The number of hydrogen-bond acceptors (Lipinski definition) is 7. The Bertz CT molecular complexity index is 1540. The first-order chi connectivity index (χ1) is 16.7. The molecule has 2 heterocycles. The van der Waals surface area contributed by atoms with Crippen molar-refractivity contribution in [3.8, 4) is 0 Å². The van der Waals surface area contributed by atoms with Crippen LogP contribution in [0.5, 0.6) is 0 Å². The van der Waals surface area contributed by atoms with Gasteiger partial charge in [0.2, 0.25) is 0 Å². The topological polar surface area (TPSA) is 110 Å². The van der Waals surface area contributed by atoms with Gasteiger partial charge in [-0.1, -0.05) is 41.1 Å². The number of rotatable bonds is 6. The third-order valence-electron chi connectivity index (χ3n) is 5.63. The molecule has 0 saturated carbocycles. The first-order valence-electron chi connectivity index (χ1n) is 10.8. The molecule has 1 aliphatic heterocycles. The van der Waals surface area contributed by atoms with Crippen molar-refractivity contribution in [1.82, 2.24) is 4.57 Å².